The molecule has 2 saturated heterocycles. The molecule has 0 bridgehead atoms. The van der Waals surface area contributed by atoms with E-state index in [1.54, 1.807) is 0 Å². The molecule has 2 aliphatic rings. The molecular formula is C17H32O8. The first-order valence-electron chi connectivity index (χ1n) is 9.03. The van der Waals surface area contributed by atoms with Gasteiger partial charge in [-0.1, -0.05) is 0 Å². The third kappa shape index (κ3) is 6.11. The number of hydrogen-bond donors (Lipinski definition) is 4. The minimum absolute atomic E-state index is 0.135. The number of aliphatic hydroxyl groups excluding tert-OH is 4. The summed E-state index contributed by atoms with van der Waals surface area (Å²) in [7, 11) is 0. The molecule has 8 nitrogen and oxygen atoms in total. The van der Waals surface area contributed by atoms with Gasteiger partial charge in [0.1, 0.15) is 6.10 Å². The monoisotopic (exact) mass is 364 g/mol. The number of hydrogen-bond acceptors (Lipinski definition) is 8. The molecule has 2 fully saturated rings. The van der Waals surface area contributed by atoms with Crippen LogP contribution >= 0.6 is 0 Å². The van der Waals surface area contributed by atoms with Crippen molar-refractivity contribution in [3.8, 4) is 0 Å². The van der Waals surface area contributed by atoms with Crippen molar-refractivity contribution in [2.75, 3.05) is 13.2 Å². The van der Waals surface area contributed by atoms with Crippen molar-refractivity contribution in [3.05, 3.63) is 0 Å². The van der Waals surface area contributed by atoms with Gasteiger partial charge < -0.3 is 39.4 Å². The van der Waals surface area contributed by atoms with E-state index in [0.717, 1.165) is 0 Å². The van der Waals surface area contributed by atoms with E-state index in [1.165, 1.54) is 0 Å². The average molecular weight is 364 g/mol. The van der Waals surface area contributed by atoms with Crippen molar-refractivity contribution in [2.45, 2.75) is 95.2 Å². The zero-order valence-corrected chi connectivity index (χ0v) is 15.2. The second-order valence-electron chi connectivity index (χ2n) is 7.25. The Hall–Kier alpha value is -0.320. The Morgan fingerprint density at radius 3 is 2.36 bits per heavy atom. The van der Waals surface area contributed by atoms with E-state index in [2.05, 4.69) is 0 Å². The molecule has 8 atom stereocenters. The highest BCUT2D eigenvalue weighted by Crippen LogP contribution is 2.26. The van der Waals surface area contributed by atoms with Crippen LogP contribution in [0, 0.1) is 0 Å². The lowest BCUT2D eigenvalue weighted by atomic mass is 9.98. The predicted octanol–water partition coefficient (Wildman–Crippen LogP) is -0.446. The maximum Gasteiger partial charge on any atom is 0.186 e. The van der Waals surface area contributed by atoms with Gasteiger partial charge in [-0.15, -0.1) is 0 Å². The fraction of sp³-hybridized carbons (Fsp3) is 1.00. The third-order valence-electron chi connectivity index (χ3n) is 4.59. The maximum atomic E-state index is 10.00. The van der Waals surface area contributed by atoms with Gasteiger partial charge in [0.15, 0.2) is 6.29 Å². The van der Waals surface area contributed by atoms with Crippen LogP contribution in [-0.4, -0.2) is 88.8 Å². The van der Waals surface area contributed by atoms with E-state index in [-0.39, 0.29) is 44.1 Å². The van der Waals surface area contributed by atoms with Crippen molar-refractivity contribution in [1.82, 2.24) is 0 Å². The largest absolute Gasteiger partial charge is 0.394 e. The standard InChI is InChI=1S/C17H32O8/c1-9(2)23-17-16(21)14(20)6-13(25-17)8-22-10(3)15-5-11(19)4-12(7-18)24-15/h9-21H,4-8H2,1-3H3/t10?,11-,12-,13-,14-,15?,16+,17+/m0/s1. The Kier molecular flexibility index (Phi) is 8.03. The van der Waals surface area contributed by atoms with Gasteiger partial charge in [-0.05, 0) is 20.8 Å². The van der Waals surface area contributed by atoms with E-state index in [0.29, 0.717) is 12.8 Å². The summed E-state index contributed by atoms with van der Waals surface area (Å²) in [6.45, 7) is 5.57. The molecule has 2 rings (SSSR count). The molecule has 0 aromatic rings. The van der Waals surface area contributed by atoms with Gasteiger partial charge in [-0.2, -0.15) is 0 Å². The molecule has 0 saturated carbocycles. The van der Waals surface area contributed by atoms with Gasteiger partial charge in [0.25, 0.3) is 0 Å². The van der Waals surface area contributed by atoms with Gasteiger partial charge in [-0.25, -0.2) is 0 Å². The molecule has 0 aromatic carbocycles. The Morgan fingerprint density at radius 1 is 1.00 bits per heavy atom. The smallest absolute Gasteiger partial charge is 0.186 e. The molecule has 0 aromatic heterocycles. The minimum Gasteiger partial charge on any atom is -0.394 e. The molecule has 0 aliphatic carbocycles. The second-order valence-corrected chi connectivity index (χ2v) is 7.25. The molecule has 4 N–H and O–H groups in total. The van der Waals surface area contributed by atoms with Crippen LogP contribution in [0.1, 0.15) is 40.0 Å². The molecule has 2 unspecified atom stereocenters. The van der Waals surface area contributed by atoms with Gasteiger partial charge in [-0.3, -0.25) is 0 Å². The van der Waals surface area contributed by atoms with Crippen LogP contribution in [0.4, 0.5) is 0 Å². The SMILES string of the molecule is CC(C)O[C@@H]1O[C@H](COC(C)C2C[C@@H](O)C[C@@H](CO)O2)C[C@H](O)[C@H]1O. The fourth-order valence-electron chi connectivity index (χ4n) is 3.22. The Balaban J connectivity index is 1.83. The molecule has 2 aliphatic heterocycles. The Morgan fingerprint density at radius 2 is 1.72 bits per heavy atom. The maximum absolute atomic E-state index is 10.00. The van der Waals surface area contributed by atoms with Crippen LogP contribution in [0.25, 0.3) is 0 Å². The number of rotatable bonds is 7. The van der Waals surface area contributed by atoms with Gasteiger partial charge >= 0.3 is 0 Å². The highest BCUT2D eigenvalue weighted by Gasteiger charge is 2.39. The summed E-state index contributed by atoms with van der Waals surface area (Å²) in [5.74, 6) is 0. The molecule has 25 heavy (non-hydrogen) atoms. The number of ether oxygens (including phenoxy) is 4. The zero-order chi connectivity index (χ0) is 18.6. The van der Waals surface area contributed by atoms with Crippen LogP contribution in [0.5, 0.6) is 0 Å². The summed E-state index contributed by atoms with van der Waals surface area (Å²) >= 11 is 0. The molecule has 8 heteroatoms. The van der Waals surface area contributed by atoms with Crippen molar-refractivity contribution in [3.63, 3.8) is 0 Å². The Labute approximate surface area is 148 Å². The van der Waals surface area contributed by atoms with Crippen LogP contribution in [0.3, 0.4) is 0 Å². The molecule has 0 radical (unpaired) electrons. The zero-order valence-electron chi connectivity index (χ0n) is 15.2. The molecule has 148 valence electrons. The first-order chi connectivity index (χ1) is 11.8. The van der Waals surface area contributed by atoms with Crippen LogP contribution in [-0.2, 0) is 18.9 Å². The highest BCUT2D eigenvalue weighted by atomic mass is 16.7. The topological polar surface area (TPSA) is 118 Å². The molecule has 2 heterocycles. The van der Waals surface area contributed by atoms with Crippen molar-refractivity contribution < 1.29 is 39.4 Å². The van der Waals surface area contributed by atoms with E-state index in [1.807, 2.05) is 20.8 Å². The molecular weight excluding hydrogens is 332 g/mol. The van der Waals surface area contributed by atoms with Gasteiger partial charge in [0.05, 0.1) is 55.9 Å². The van der Waals surface area contributed by atoms with Crippen LogP contribution in [0.15, 0.2) is 0 Å². The predicted molar refractivity (Wildman–Crippen MR) is 87.9 cm³/mol. The fourth-order valence-corrected chi connectivity index (χ4v) is 3.22. The quantitative estimate of drug-likeness (QED) is 0.480. The average Bonchev–Trinajstić information content (AvgIpc) is 2.55. The van der Waals surface area contributed by atoms with E-state index in [4.69, 9.17) is 18.9 Å². The lowest BCUT2D eigenvalue weighted by Crippen LogP contribution is -2.51. The lowest BCUT2D eigenvalue weighted by molar-refractivity contribution is -0.285. The third-order valence-corrected chi connectivity index (χ3v) is 4.59. The van der Waals surface area contributed by atoms with E-state index >= 15 is 0 Å². The van der Waals surface area contributed by atoms with E-state index in [9.17, 15) is 20.4 Å². The van der Waals surface area contributed by atoms with Crippen molar-refractivity contribution in [1.29, 1.82) is 0 Å². The molecule has 0 spiro atoms. The van der Waals surface area contributed by atoms with E-state index < -0.39 is 30.7 Å². The first kappa shape index (κ1) is 21.0. The second kappa shape index (κ2) is 9.57. The highest BCUT2D eigenvalue weighted by molar-refractivity contribution is 4.83. The minimum atomic E-state index is -1.08. The number of aliphatic hydroxyl groups is 4. The van der Waals surface area contributed by atoms with Crippen LogP contribution in [0.2, 0.25) is 0 Å². The summed E-state index contributed by atoms with van der Waals surface area (Å²) in [6, 6.07) is 0. The summed E-state index contributed by atoms with van der Waals surface area (Å²) in [4.78, 5) is 0. The first-order valence-corrected chi connectivity index (χ1v) is 9.03. The van der Waals surface area contributed by atoms with Gasteiger partial charge in [0, 0.05) is 19.3 Å². The summed E-state index contributed by atoms with van der Waals surface area (Å²) in [5.41, 5.74) is 0. The normalized spacial score (nSPS) is 41.0. The van der Waals surface area contributed by atoms with Crippen molar-refractivity contribution in [2.24, 2.45) is 0 Å². The molecule has 0 amide bonds. The van der Waals surface area contributed by atoms with Crippen LogP contribution < -0.4 is 0 Å². The summed E-state index contributed by atoms with van der Waals surface area (Å²) in [5, 5.41) is 39.1. The summed E-state index contributed by atoms with van der Waals surface area (Å²) < 4.78 is 22.7. The lowest BCUT2D eigenvalue weighted by Gasteiger charge is -2.39. The van der Waals surface area contributed by atoms with Crippen molar-refractivity contribution >= 4 is 0 Å². The Bertz CT molecular complexity index is 393. The van der Waals surface area contributed by atoms with Gasteiger partial charge in [0.2, 0.25) is 0 Å². The summed E-state index contributed by atoms with van der Waals surface area (Å²) in [6.07, 6.45) is -3.87.